The van der Waals surface area contributed by atoms with Gasteiger partial charge in [0.05, 0.1) is 53.6 Å². The Kier molecular flexibility index (Phi) is 16.0. The van der Waals surface area contributed by atoms with Gasteiger partial charge >= 0.3 is 11.9 Å². The second-order valence-corrected chi connectivity index (χ2v) is 21.6. The van der Waals surface area contributed by atoms with Crippen LogP contribution in [0, 0.1) is 28.6 Å². The predicted octanol–water partition coefficient (Wildman–Crippen LogP) is 3.45. The summed E-state index contributed by atoms with van der Waals surface area (Å²) in [6.07, 6.45) is -6.80. The molecule has 0 amide bonds. The SMILES string of the molecule is CCC(C)C(=O)OC(C)[C@]1(O)CC[C@@]2(O)[C@]1(C)[C@H](OC(C)=O)C[C@@H]1[C@@]3(C)CC[C@H](O[C@H]4C[C@H](OC)[C@H](O[C@H]5C[C@@H](OC)[C@H](O[C@@H]6O[C@H](C)[C@@H](O)[C@H](OC)[C@H]6O)[C@@H](C)O5)[C@@H](C)O4)CC3CC[C@]12O. The molecule has 0 aromatic heterocycles. The van der Waals surface area contributed by atoms with Crippen LogP contribution in [0.25, 0.3) is 0 Å². The molecule has 18 nitrogen and oxygen atoms in total. The molecule has 3 unspecified atom stereocenters. The quantitative estimate of drug-likeness (QED) is 0.124. The molecule has 24 atom stereocenters. The van der Waals surface area contributed by atoms with Crippen molar-refractivity contribution in [3.63, 3.8) is 0 Å². The highest BCUT2D eigenvalue weighted by Crippen LogP contribution is 2.72. The highest BCUT2D eigenvalue weighted by molar-refractivity contribution is 5.72. The number of rotatable bonds is 14. The maximum atomic E-state index is 13.1. The lowest BCUT2D eigenvalue weighted by Crippen LogP contribution is -2.79. The third-order valence-electron chi connectivity index (χ3n) is 18.3. The molecule has 67 heavy (non-hydrogen) atoms. The first-order chi connectivity index (χ1) is 31.5. The number of esters is 2. The molecule has 7 aliphatic rings. The minimum Gasteiger partial charge on any atom is -0.462 e. The Morgan fingerprint density at radius 3 is 1.91 bits per heavy atom. The Morgan fingerprint density at radius 2 is 1.33 bits per heavy atom. The molecule has 3 saturated heterocycles. The van der Waals surface area contributed by atoms with E-state index in [1.165, 1.54) is 14.0 Å². The van der Waals surface area contributed by atoms with Crippen LogP contribution in [0.4, 0.5) is 0 Å². The van der Waals surface area contributed by atoms with Crippen LogP contribution >= 0.6 is 0 Å². The van der Waals surface area contributed by atoms with Gasteiger partial charge in [0.15, 0.2) is 18.9 Å². The van der Waals surface area contributed by atoms with E-state index in [4.69, 9.17) is 52.1 Å². The van der Waals surface area contributed by atoms with Crippen LogP contribution in [-0.4, -0.2) is 174 Å². The molecule has 0 spiro atoms. The number of methoxy groups -OCH3 is 3. The van der Waals surface area contributed by atoms with E-state index in [2.05, 4.69) is 6.92 Å². The summed E-state index contributed by atoms with van der Waals surface area (Å²) in [5, 5.41) is 60.1. The van der Waals surface area contributed by atoms with E-state index < -0.39 is 144 Å². The molecule has 0 radical (unpaired) electrons. The largest absolute Gasteiger partial charge is 0.462 e. The molecule has 3 aliphatic heterocycles. The van der Waals surface area contributed by atoms with Gasteiger partial charge in [0.1, 0.15) is 53.9 Å². The standard InChI is InChI=1S/C49H82O18/c1-13-24(2)43(53)63-28(6)47(54)18-19-49(56)46(47,9)35(64-29(7)50)23-34-45(8)16-15-31(20-30(45)14-17-48(34,49)55)65-36-21-32(57-10)40(26(4)60-36)66-37-22-33(58-11)41(27(5)61-37)67-44-39(52)42(59-12)38(51)25(3)62-44/h24-28,30-42,44,51-52,54-56H,13-23H2,1-12H3/t24?,25-,26-,27-,28?,30?,31+,32+,33-,34-,35-,36+,37+,38-,39-,40-,41-,42+,44+,45+,46-,47-,48+,49-/m1/s1. The summed E-state index contributed by atoms with van der Waals surface area (Å²) in [5.74, 6) is -1.77. The number of carbonyl (C=O) groups is 2. The number of aliphatic hydroxyl groups excluding tert-OH is 2. The van der Waals surface area contributed by atoms with Crippen molar-refractivity contribution in [3.05, 3.63) is 0 Å². The van der Waals surface area contributed by atoms with Crippen LogP contribution in [0.3, 0.4) is 0 Å². The second-order valence-electron chi connectivity index (χ2n) is 21.6. The average molecular weight is 959 g/mol. The smallest absolute Gasteiger partial charge is 0.309 e. The molecular weight excluding hydrogens is 877 g/mol. The molecule has 3 heterocycles. The minimum absolute atomic E-state index is 0.0429. The fourth-order valence-corrected chi connectivity index (χ4v) is 13.9. The first-order valence-corrected chi connectivity index (χ1v) is 24.9. The summed E-state index contributed by atoms with van der Waals surface area (Å²) >= 11 is 0. The predicted molar refractivity (Wildman–Crippen MR) is 237 cm³/mol. The lowest BCUT2D eigenvalue weighted by molar-refractivity contribution is -0.353. The zero-order valence-corrected chi connectivity index (χ0v) is 41.8. The topological polar surface area (TPSA) is 237 Å². The van der Waals surface area contributed by atoms with E-state index in [0.29, 0.717) is 44.9 Å². The van der Waals surface area contributed by atoms with Crippen LogP contribution in [-0.2, 0) is 61.7 Å². The Balaban J connectivity index is 0.987. The number of aliphatic hydroxyl groups is 5. The highest BCUT2D eigenvalue weighted by atomic mass is 16.8. The Morgan fingerprint density at radius 1 is 0.716 bits per heavy atom. The molecule has 0 aromatic carbocycles. The monoisotopic (exact) mass is 959 g/mol. The van der Waals surface area contributed by atoms with Gasteiger partial charge in [0.25, 0.3) is 0 Å². The minimum atomic E-state index is -1.86. The molecule has 0 aromatic rings. The summed E-state index contributed by atoms with van der Waals surface area (Å²) in [4.78, 5) is 25.8. The van der Waals surface area contributed by atoms with E-state index >= 15 is 0 Å². The van der Waals surface area contributed by atoms with Crippen molar-refractivity contribution < 1.29 is 87.2 Å². The van der Waals surface area contributed by atoms with Crippen molar-refractivity contribution in [3.8, 4) is 0 Å². The maximum Gasteiger partial charge on any atom is 0.309 e. The molecule has 386 valence electrons. The molecule has 4 aliphatic carbocycles. The summed E-state index contributed by atoms with van der Waals surface area (Å²) in [6.45, 7) is 15.9. The number of fused-ring (bicyclic) bond motifs is 5. The van der Waals surface area contributed by atoms with Gasteiger partial charge in [-0.05, 0) is 103 Å². The highest BCUT2D eigenvalue weighted by Gasteiger charge is 2.82. The summed E-state index contributed by atoms with van der Waals surface area (Å²) < 4.78 is 67.4. The molecule has 7 fully saturated rings. The molecule has 4 saturated carbocycles. The zero-order valence-electron chi connectivity index (χ0n) is 41.8. The zero-order chi connectivity index (χ0) is 49.2. The Bertz CT molecular complexity index is 1720. The third kappa shape index (κ3) is 9.05. The lowest BCUT2D eigenvalue weighted by Gasteiger charge is -2.69. The van der Waals surface area contributed by atoms with Gasteiger partial charge in [-0.3, -0.25) is 9.59 Å². The van der Waals surface area contributed by atoms with Crippen LogP contribution in [0.15, 0.2) is 0 Å². The molecule has 5 N–H and O–H groups in total. The molecule has 18 heteroatoms. The number of ether oxygens (including phenoxy) is 11. The van der Waals surface area contributed by atoms with Crippen LogP contribution in [0.1, 0.15) is 133 Å². The van der Waals surface area contributed by atoms with Gasteiger partial charge < -0.3 is 77.6 Å². The number of hydrogen-bond donors (Lipinski definition) is 5. The van der Waals surface area contributed by atoms with Gasteiger partial charge in [0, 0.05) is 41.1 Å². The van der Waals surface area contributed by atoms with Gasteiger partial charge in [0.2, 0.25) is 0 Å². The van der Waals surface area contributed by atoms with Gasteiger partial charge in [-0.25, -0.2) is 0 Å². The maximum absolute atomic E-state index is 13.1. The van der Waals surface area contributed by atoms with Crippen molar-refractivity contribution in [1.82, 2.24) is 0 Å². The van der Waals surface area contributed by atoms with Gasteiger partial charge in [-0.1, -0.05) is 27.7 Å². The summed E-state index contributed by atoms with van der Waals surface area (Å²) in [5.41, 5.74) is -7.29. The van der Waals surface area contributed by atoms with Crippen LogP contribution < -0.4 is 0 Å². The lowest BCUT2D eigenvalue weighted by atomic mass is 9.40. The molecular formula is C49H82O18. The van der Waals surface area contributed by atoms with E-state index in [1.807, 2.05) is 20.8 Å². The summed E-state index contributed by atoms with van der Waals surface area (Å²) in [6, 6.07) is 0. The molecule has 7 rings (SSSR count). The summed E-state index contributed by atoms with van der Waals surface area (Å²) in [7, 11) is 4.63. The van der Waals surface area contributed by atoms with Crippen LogP contribution in [0.5, 0.6) is 0 Å². The van der Waals surface area contributed by atoms with Crippen molar-refractivity contribution >= 4 is 11.9 Å². The Hall–Kier alpha value is -1.62. The normalized spacial score (nSPS) is 50.9. The van der Waals surface area contributed by atoms with Crippen molar-refractivity contribution in [2.24, 2.45) is 28.6 Å². The van der Waals surface area contributed by atoms with E-state index in [-0.39, 0.29) is 37.7 Å². The Labute approximate surface area is 396 Å². The number of carbonyl (C=O) groups excluding carboxylic acids is 2. The van der Waals surface area contributed by atoms with Crippen molar-refractivity contribution in [2.45, 2.75) is 248 Å². The third-order valence-corrected chi connectivity index (χ3v) is 18.3. The van der Waals surface area contributed by atoms with Crippen molar-refractivity contribution in [1.29, 1.82) is 0 Å². The average Bonchev–Trinajstić information content (AvgIpc) is 3.51. The second kappa shape index (κ2) is 20.1. The number of hydrogen-bond acceptors (Lipinski definition) is 18. The first kappa shape index (κ1) is 53.2. The van der Waals surface area contributed by atoms with E-state index in [1.54, 1.807) is 41.9 Å². The first-order valence-electron chi connectivity index (χ1n) is 24.9. The van der Waals surface area contributed by atoms with E-state index in [0.717, 1.165) is 0 Å². The van der Waals surface area contributed by atoms with E-state index in [9.17, 15) is 35.1 Å². The van der Waals surface area contributed by atoms with Gasteiger partial charge in [-0.2, -0.15) is 0 Å². The fraction of sp³-hybridized carbons (Fsp3) is 0.959. The molecule has 0 bridgehead atoms. The fourth-order valence-electron chi connectivity index (χ4n) is 13.9. The van der Waals surface area contributed by atoms with Crippen molar-refractivity contribution in [2.75, 3.05) is 21.3 Å². The van der Waals surface area contributed by atoms with Crippen LogP contribution in [0.2, 0.25) is 0 Å². The van der Waals surface area contributed by atoms with Gasteiger partial charge in [-0.15, -0.1) is 0 Å².